The summed E-state index contributed by atoms with van der Waals surface area (Å²) >= 11 is 1.37. The molecule has 0 saturated heterocycles. The number of nitrogens with zero attached hydrogens (tertiary/aromatic N) is 3. The van der Waals surface area contributed by atoms with Gasteiger partial charge in [0.1, 0.15) is 5.75 Å². The number of nitrogen functional groups attached to an aromatic ring is 1. The summed E-state index contributed by atoms with van der Waals surface area (Å²) in [5.41, 5.74) is 7.23. The Labute approximate surface area is 157 Å². The Morgan fingerprint density at radius 1 is 1.11 bits per heavy atom. The molecule has 0 aliphatic rings. The number of carbonyl (C=O) groups excluding carboxylic acids is 1. The fourth-order valence-electron chi connectivity index (χ4n) is 2.27. The molecule has 2 aromatic carbocycles. The molecule has 140 valence electrons. The minimum atomic E-state index is -2.88. The SMILES string of the molecule is NC(=O)c1ccc(CSc2nnc(-c3ccc(OC(F)F)cc3)n2N)cc1. The highest BCUT2D eigenvalue weighted by molar-refractivity contribution is 7.98. The molecule has 0 spiro atoms. The Balaban J connectivity index is 1.68. The summed E-state index contributed by atoms with van der Waals surface area (Å²) < 4.78 is 30.0. The van der Waals surface area contributed by atoms with Gasteiger partial charge in [-0.25, -0.2) is 4.68 Å². The van der Waals surface area contributed by atoms with Gasteiger partial charge in [0.25, 0.3) is 0 Å². The normalized spacial score (nSPS) is 10.9. The van der Waals surface area contributed by atoms with Crippen molar-refractivity contribution in [1.82, 2.24) is 14.9 Å². The van der Waals surface area contributed by atoms with Crippen LogP contribution in [0, 0.1) is 0 Å². The van der Waals surface area contributed by atoms with E-state index < -0.39 is 12.5 Å². The van der Waals surface area contributed by atoms with Crippen LogP contribution in [0.15, 0.2) is 53.7 Å². The first kappa shape index (κ1) is 18.6. The lowest BCUT2D eigenvalue weighted by molar-refractivity contribution is -0.0498. The number of hydrogen-bond acceptors (Lipinski definition) is 6. The van der Waals surface area contributed by atoms with Crippen molar-refractivity contribution >= 4 is 17.7 Å². The Bertz CT molecular complexity index is 930. The number of amides is 1. The average molecular weight is 391 g/mol. The third-order valence-electron chi connectivity index (χ3n) is 3.61. The van der Waals surface area contributed by atoms with Crippen molar-refractivity contribution in [3.63, 3.8) is 0 Å². The van der Waals surface area contributed by atoms with Crippen LogP contribution >= 0.6 is 11.8 Å². The molecule has 3 aromatic rings. The van der Waals surface area contributed by atoms with Crippen molar-refractivity contribution in [3.05, 3.63) is 59.7 Å². The van der Waals surface area contributed by atoms with E-state index in [0.29, 0.717) is 27.9 Å². The molecule has 0 bridgehead atoms. The summed E-state index contributed by atoms with van der Waals surface area (Å²) in [4.78, 5) is 11.1. The fraction of sp³-hybridized carbons (Fsp3) is 0.118. The molecule has 1 heterocycles. The first-order valence-electron chi connectivity index (χ1n) is 7.71. The summed E-state index contributed by atoms with van der Waals surface area (Å²) in [6, 6.07) is 12.9. The van der Waals surface area contributed by atoms with Crippen LogP contribution in [0.4, 0.5) is 8.78 Å². The van der Waals surface area contributed by atoms with E-state index in [1.807, 2.05) is 0 Å². The van der Waals surface area contributed by atoms with Crippen LogP contribution in [0.2, 0.25) is 0 Å². The van der Waals surface area contributed by atoms with Crippen LogP contribution < -0.4 is 16.3 Å². The first-order valence-corrected chi connectivity index (χ1v) is 8.70. The molecule has 0 unspecified atom stereocenters. The largest absolute Gasteiger partial charge is 0.435 e. The number of benzene rings is 2. The van der Waals surface area contributed by atoms with E-state index in [9.17, 15) is 13.6 Å². The van der Waals surface area contributed by atoms with E-state index in [1.54, 1.807) is 36.4 Å². The van der Waals surface area contributed by atoms with Crippen molar-refractivity contribution in [2.24, 2.45) is 5.73 Å². The van der Waals surface area contributed by atoms with Crippen LogP contribution in [0.1, 0.15) is 15.9 Å². The number of thioether (sulfide) groups is 1. The molecule has 1 aromatic heterocycles. The predicted molar refractivity (Wildman–Crippen MR) is 96.8 cm³/mol. The molecule has 0 saturated carbocycles. The molecule has 1 amide bonds. The second-order valence-corrected chi connectivity index (χ2v) is 6.37. The zero-order valence-corrected chi connectivity index (χ0v) is 14.7. The quantitative estimate of drug-likeness (QED) is 0.473. The van der Waals surface area contributed by atoms with Gasteiger partial charge in [0, 0.05) is 16.9 Å². The van der Waals surface area contributed by atoms with Crippen molar-refractivity contribution in [3.8, 4) is 17.1 Å². The zero-order valence-electron chi connectivity index (χ0n) is 13.9. The van der Waals surface area contributed by atoms with E-state index in [-0.39, 0.29) is 5.75 Å². The number of rotatable bonds is 7. The Morgan fingerprint density at radius 3 is 2.37 bits per heavy atom. The summed E-state index contributed by atoms with van der Waals surface area (Å²) in [5.74, 6) is 6.57. The maximum atomic E-state index is 12.2. The van der Waals surface area contributed by atoms with Gasteiger partial charge >= 0.3 is 6.61 Å². The lowest BCUT2D eigenvalue weighted by Crippen LogP contribution is -2.11. The molecule has 0 aliphatic carbocycles. The highest BCUT2D eigenvalue weighted by atomic mass is 32.2. The maximum absolute atomic E-state index is 12.2. The molecular formula is C17H15F2N5O2S. The molecule has 4 N–H and O–H groups in total. The number of primary amides is 1. The molecule has 0 atom stereocenters. The average Bonchev–Trinajstić information content (AvgIpc) is 3.01. The van der Waals surface area contributed by atoms with Gasteiger partial charge in [-0.1, -0.05) is 23.9 Å². The van der Waals surface area contributed by atoms with Crippen LogP contribution in [0.3, 0.4) is 0 Å². The summed E-state index contributed by atoms with van der Waals surface area (Å²) in [5, 5.41) is 8.58. The molecule has 0 aliphatic heterocycles. The lowest BCUT2D eigenvalue weighted by atomic mass is 10.1. The van der Waals surface area contributed by atoms with Gasteiger partial charge in [-0.3, -0.25) is 4.79 Å². The van der Waals surface area contributed by atoms with Crippen LogP contribution in [0.5, 0.6) is 5.75 Å². The Hall–Kier alpha value is -3.14. The van der Waals surface area contributed by atoms with Gasteiger partial charge < -0.3 is 16.3 Å². The molecule has 0 fully saturated rings. The first-order chi connectivity index (χ1) is 12.9. The fourth-order valence-corrected chi connectivity index (χ4v) is 3.08. The van der Waals surface area contributed by atoms with Crippen molar-refractivity contribution in [2.75, 3.05) is 5.84 Å². The monoisotopic (exact) mass is 391 g/mol. The Kier molecular flexibility index (Phi) is 5.55. The second kappa shape index (κ2) is 8.04. The van der Waals surface area contributed by atoms with Gasteiger partial charge in [0.05, 0.1) is 0 Å². The van der Waals surface area contributed by atoms with Gasteiger partial charge in [0.2, 0.25) is 11.1 Å². The second-order valence-electron chi connectivity index (χ2n) is 5.43. The van der Waals surface area contributed by atoms with Gasteiger partial charge in [-0.15, -0.1) is 10.2 Å². The third-order valence-corrected chi connectivity index (χ3v) is 4.62. The topological polar surface area (TPSA) is 109 Å². The van der Waals surface area contributed by atoms with E-state index in [1.165, 1.54) is 28.6 Å². The zero-order chi connectivity index (χ0) is 19.4. The van der Waals surface area contributed by atoms with Crippen LogP contribution in [0.25, 0.3) is 11.4 Å². The standard InChI is InChI=1S/C17H15F2N5O2S/c18-16(19)26-13-7-5-12(6-8-13)15-22-23-17(24(15)21)27-9-10-1-3-11(4-2-10)14(20)25/h1-8,16H,9,21H2,(H2,20,25). The minimum Gasteiger partial charge on any atom is -0.435 e. The number of nitrogens with two attached hydrogens (primary N) is 2. The van der Waals surface area contributed by atoms with E-state index in [4.69, 9.17) is 11.6 Å². The summed E-state index contributed by atoms with van der Waals surface area (Å²) in [7, 11) is 0. The van der Waals surface area contributed by atoms with Crippen LogP contribution in [-0.4, -0.2) is 27.4 Å². The highest BCUT2D eigenvalue weighted by Crippen LogP contribution is 2.26. The van der Waals surface area contributed by atoms with E-state index in [0.717, 1.165) is 5.56 Å². The molecule has 10 heteroatoms. The number of ether oxygens (including phenoxy) is 1. The Morgan fingerprint density at radius 2 is 1.78 bits per heavy atom. The number of alkyl halides is 2. The third kappa shape index (κ3) is 4.53. The van der Waals surface area contributed by atoms with Crippen molar-refractivity contribution in [1.29, 1.82) is 0 Å². The molecule has 7 nitrogen and oxygen atoms in total. The summed E-state index contributed by atoms with van der Waals surface area (Å²) in [6.07, 6.45) is 0. The molecular weight excluding hydrogens is 376 g/mol. The number of halogens is 2. The van der Waals surface area contributed by atoms with Crippen molar-refractivity contribution < 1.29 is 18.3 Å². The van der Waals surface area contributed by atoms with E-state index >= 15 is 0 Å². The van der Waals surface area contributed by atoms with Crippen molar-refractivity contribution in [2.45, 2.75) is 17.5 Å². The van der Waals surface area contributed by atoms with Crippen LogP contribution in [-0.2, 0) is 5.75 Å². The van der Waals surface area contributed by atoms with Gasteiger partial charge in [-0.2, -0.15) is 8.78 Å². The number of hydrogen-bond donors (Lipinski definition) is 2. The molecule has 0 radical (unpaired) electrons. The lowest BCUT2D eigenvalue weighted by Gasteiger charge is -2.06. The van der Waals surface area contributed by atoms with Gasteiger partial charge in [-0.05, 0) is 42.0 Å². The summed E-state index contributed by atoms with van der Waals surface area (Å²) in [6.45, 7) is -2.88. The molecule has 27 heavy (non-hydrogen) atoms. The molecule has 3 rings (SSSR count). The number of carbonyl (C=O) groups is 1. The maximum Gasteiger partial charge on any atom is 0.387 e. The highest BCUT2D eigenvalue weighted by Gasteiger charge is 2.13. The predicted octanol–water partition coefficient (Wildman–Crippen LogP) is 2.65. The number of aromatic nitrogens is 3. The van der Waals surface area contributed by atoms with E-state index in [2.05, 4.69) is 14.9 Å². The van der Waals surface area contributed by atoms with Gasteiger partial charge in [0.15, 0.2) is 5.82 Å². The smallest absolute Gasteiger partial charge is 0.387 e. The minimum absolute atomic E-state index is 0.0471.